The van der Waals surface area contributed by atoms with Crippen molar-refractivity contribution in [1.29, 1.82) is 0 Å². The molecule has 7 nitrogen and oxygen atoms in total. The van der Waals surface area contributed by atoms with Crippen LogP contribution < -0.4 is 5.32 Å². The van der Waals surface area contributed by atoms with Crippen molar-refractivity contribution in [1.82, 2.24) is 9.88 Å². The third-order valence-electron chi connectivity index (χ3n) is 4.62. The Morgan fingerprint density at radius 1 is 1.14 bits per heavy atom. The number of thiazole rings is 1. The second-order valence-electron chi connectivity index (χ2n) is 6.51. The van der Waals surface area contributed by atoms with Gasteiger partial charge in [-0.05, 0) is 17.7 Å². The molecule has 1 atom stereocenters. The minimum Gasteiger partial charge on any atom is -0.463 e. The second-order valence-corrected chi connectivity index (χ2v) is 9.67. The molecule has 3 aromatic rings. The number of nitrogens with one attached hydrogen (secondary N) is 1. The maximum absolute atomic E-state index is 13.1. The van der Waals surface area contributed by atoms with Gasteiger partial charge in [0.05, 0.1) is 17.8 Å². The molecular weight excluding hydrogens is 398 g/mol. The summed E-state index contributed by atoms with van der Waals surface area (Å²) in [5.74, 6) is 0.524. The number of furan rings is 1. The number of sulfone groups is 1. The third kappa shape index (κ3) is 4.16. The summed E-state index contributed by atoms with van der Waals surface area (Å²) < 4.78 is 28.9. The van der Waals surface area contributed by atoms with E-state index in [0.717, 1.165) is 5.56 Å². The van der Waals surface area contributed by atoms with Gasteiger partial charge in [-0.2, -0.15) is 0 Å². The fourth-order valence-electron chi connectivity index (χ4n) is 3.19. The first-order valence-electron chi connectivity index (χ1n) is 8.81. The van der Waals surface area contributed by atoms with E-state index in [2.05, 4.69) is 10.3 Å². The highest BCUT2D eigenvalue weighted by atomic mass is 32.2. The number of hydrogen-bond acceptors (Lipinski definition) is 7. The van der Waals surface area contributed by atoms with E-state index in [9.17, 15) is 13.2 Å². The molecule has 3 heterocycles. The molecule has 0 aliphatic carbocycles. The molecule has 2 aromatic heterocycles. The van der Waals surface area contributed by atoms with Crippen LogP contribution in [0.5, 0.6) is 0 Å². The van der Waals surface area contributed by atoms with E-state index in [1.54, 1.807) is 12.3 Å². The lowest BCUT2D eigenvalue weighted by Crippen LogP contribution is -2.46. The number of nitrogens with zero attached hydrogens (tertiary/aromatic N) is 2. The number of benzene rings is 1. The average molecular weight is 418 g/mol. The number of anilines is 1. The molecule has 146 valence electrons. The number of rotatable bonds is 5. The fourth-order valence-corrected chi connectivity index (χ4v) is 5.12. The highest BCUT2D eigenvalue weighted by Gasteiger charge is 2.32. The van der Waals surface area contributed by atoms with E-state index >= 15 is 0 Å². The Morgan fingerprint density at radius 3 is 2.57 bits per heavy atom. The van der Waals surface area contributed by atoms with Gasteiger partial charge in [-0.15, -0.1) is 11.3 Å². The maximum Gasteiger partial charge on any atom is 0.248 e. The predicted octanol–water partition coefficient (Wildman–Crippen LogP) is 2.81. The first-order valence-corrected chi connectivity index (χ1v) is 11.5. The van der Waals surface area contributed by atoms with Crippen molar-refractivity contribution >= 4 is 32.2 Å². The van der Waals surface area contributed by atoms with Crippen LogP contribution in [0.25, 0.3) is 11.5 Å². The van der Waals surface area contributed by atoms with E-state index in [4.69, 9.17) is 4.42 Å². The molecule has 0 bridgehead atoms. The van der Waals surface area contributed by atoms with Crippen molar-refractivity contribution < 1.29 is 17.6 Å². The van der Waals surface area contributed by atoms with Gasteiger partial charge in [0.15, 0.2) is 20.7 Å². The summed E-state index contributed by atoms with van der Waals surface area (Å²) in [6, 6.07) is 12.4. The summed E-state index contributed by atoms with van der Waals surface area (Å²) in [7, 11) is -3.03. The van der Waals surface area contributed by atoms with Gasteiger partial charge in [0.2, 0.25) is 5.91 Å². The number of carbonyl (C=O) groups excluding carboxylic acids is 1. The van der Waals surface area contributed by atoms with Crippen molar-refractivity contribution in [3.63, 3.8) is 0 Å². The minimum atomic E-state index is -3.03. The zero-order chi connectivity index (χ0) is 19.6. The molecule has 9 heteroatoms. The summed E-state index contributed by atoms with van der Waals surface area (Å²) in [5.41, 5.74) is 1.48. The van der Waals surface area contributed by atoms with Crippen LogP contribution in [0.1, 0.15) is 11.6 Å². The fraction of sp³-hybridized carbons (Fsp3) is 0.263. The van der Waals surface area contributed by atoms with Crippen LogP contribution in [0.2, 0.25) is 0 Å². The normalized spacial score (nSPS) is 17.9. The largest absolute Gasteiger partial charge is 0.463 e. The molecule has 1 amide bonds. The van der Waals surface area contributed by atoms with Gasteiger partial charge in [0.1, 0.15) is 11.7 Å². The lowest BCUT2D eigenvalue weighted by Gasteiger charge is -2.33. The summed E-state index contributed by atoms with van der Waals surface area (Å²) in [5, 5.41) is 5.17. The van der Waals surface area contributed by atoms with Crippen molar-refractivity contribution in [2.75, 3.05) is 29.9 Å². The third-order valence-corrected chi connectivity index (χ3v) is 6.98. The SMILES string of the molecule is O=C(Nc1nc(-c2ccco2)cs1)C(c1ccccc1)N1CCS(=O)(=O)CC1. The molecule has 28 heavy (non-hydrogen) atoms. The maximum atomic E-state index is 13.1. The molecule has 1 N–H and O–H groups in total. The molecule has 4 rings (SSSR count). The van der Waals surface area contributed by atoms with Crippen molar-refractivity contribution in [3.8, 4) is 11.5 Å². The first-order chi connectivity index (χ1) is 13.5. The molecule has 1 saturated heterocycles. The van der Waals surface area contributed by atoms with Gasteiger partial charge < -0.3 is 9.73 Å². The van der Waals surface area contributed by atoms with Crippen LogP contribution in [-0.2, 0) is 14.6 Å². The Morgan fingerprint density at radius 2 is 1.89 bits per heavy atom. The second kappa shape index (κ2) is 7.86. The quantitative estimate of drug-likeness (QED) is 0.686. The molecule has 1 aliphatic rings. The molecule has 0 spiro atoms. The summed E-state index contributed by atoms with van der Waals surface area (Å²) in [4.78, 5) is 19.4. The topological polar surface area (TPSA) is 92.5 Å². The highest BCUT2D eigenvalue weighted by molar-refractivity contribution is 7.91. The van der Waals surface area contributed by atoms with E-state index in [-0.39, 0.29) is 17.4 Å². The smallest absolute Gasteiger partial charge is 0.248 e. The molecule has 1 unspecified atom stereocenters. The molecule has 1 aromatic carbocycles. The van der Waals surface area contributed by atoms with Crippen molar-refractivity contribution in [2.45, 2.75) is 6.04 Å². The Bertz CT molecular complexity index is 1030. The van der Waals surface area contributed by atoms with Crippen LogP contribution in [0.4, 0.5) is 5.13 Å². The Hall–Kier alpha value is -2.49. The summed E-state index contributed by atoms with van der Waals surface area (Å²) >= 11 is 1.32. The van der Waals surface area contributed by atoms with Crippen LogP contribution in [0, 0.1) is 0 Å². The molecule has 1 aliphatic heterocycles. The standard InChI is InChI=1S/C19H19N3O4S2/c23-18(21-19-20-15(13-27-19)16-7-4-10-26-16)17(14-5-2-1-3-6-14)22-8-11-28(24,25)12-9-22/h1-7,10,13,17H,8-9,11-12H2,(H,20,21,23). The Balaban J connectivity index is 1.55. The van der Waals surface area contributed by atoms with Gasteiger partial charge in [-0.3, -0.25) is 9.69 Å². The number of aromatic nitrogens is 1. The lowest BCUT2D eigenvalue weighted by molar-refractivity contribution is -0.121. The molecule has 0 saturated carbocycles. The van der Waals surface area contributed by atoms with Gasteiger partial charge in [0.25, 0.3) is 0 Å². The van der Waals surface area contributed by atoms with Gasteiger partial charge in [-0.1, -0.05) is 30.3 Å². The monoisotopic (exact) mass is 417 g/mol. The van der Waals surface area contributed by atoms with Gasteiger partial charge >= 0.3 is 0 Å². The zero-order valence-electron chi connectivity index (χ0n) is 14.9. The van der Waals surface area contributed by atoms with E-state index in [0.29, 0.717) is 29.7 Å². The van der Waals surface area contributed by atoms with Gasteiger partial charge in [0, 0.05) is 18.5 Å². The summed E-state index contributed by atoms with van der Waals surface area (Å²) in [6.45, 7) is 0.648. The minimum absolute atomic E-state index is 0.0590. The van der Waals surface area contributed by atoms with Gasteiger partial charge in [-0.25, -0.2) is 13.4 Å². The lowest BCUT2D eigenvalue weighted by atomic mass is 10.0. The van der Waals surface area contributed by atoms with Crippen molar-refractivity contribution in [2.24, 2.45) is 0 Å². The summed E-state index contributed by atoms with van der Waals surface area (Å²) in [6.07, 6.45) is 1.57. The van der Waals surface area contributed by atoms with Crippen LogP contribution in [-0.4, -0.2) is 48.8 Å². The van der Waals surface area contributed by atoms with E-state index < -0.39 is 15.9 Å². The predicted molar refractivity (Wildman–Crippen MR) is 108 cm³/mol. The van der Waals surface area contributed by atoms with E-state index in [1.807, 2.05) is 46.7 Å². The van der Waals surface area contributed by atoms with Crippen LogP contribution in [0.3, 0.4) is 0 Å². The van der Waals surface area contributed by atoms with Crippen LogP contribution in [0.15, 0.2) is 58.5 Å². The average Bonchev–Trinajstić information content (AvgIpc) is 3.36. The van der Waals surface area contributed by atoms with Crippen LogP contribution >= 0.6 is 11.3 Å². The highest BCUT2D eigenvalue weighted by Crippen LogP contribution is 2.28. The number of hydrogen-bond donors (Lipinski definition) is 1. The molecular formula is C19H19N3O4S2. The Kier molecular flexibility index (Phi) is 5.29. The van der Waals surface area contributed by atoms with E-state index in [1.165, 1.54) is 11.3 Å². The molecule has 0 radical (unpaired) electrons. The zero-order valence-corrected chi connectivity index (χ0v) is 16.6. The molecule has 1 fully saturated rings. The number of amides is 1. The first kappa shape index (κ1) is 18.9. The van der Waals surface area contributed by atoms with Crippen molar-refractivity contribution in [3.05, 3.63) is 59.7 Å². The Labute approximate surface area is 166 Å². The number of carbonyl (C=O) groups is 1.